The van der Waals surface area contributed by atoms with Gasteiger partial charge < -0.3 is 19.3 Å². The Morgan fingerprint density at radius 3 is 2.45 bits per heavy atom. The molecular formula is C26H26ClFO5. The van der Waals surface area contributed by atoms with Crippen molar-refractivity contribution in [1.82, 2.24) is 0 Å². The number of carbonyl (C=O) groups is 1. The fraction of sp³-hybridized carbons (Fsp3) is 0.269. The molecule has 0 radical (unpaired) electrons. The summed E-state index contributed by atoms with van der Waals surface area (Å²) in [5.74, 6) is 1.01. The molecule has 1 N–H and O–H groups in total. The SMILES string of the molecule is Cc1cc(OCCC(C)Oc2ccc(Cl)cc2Oc2ccc(F)cc2)ccc1CCC(=O)O. The standard InChI is InChI=1S/C26H26ClFO5/c1-17-15-23(8-3-19(17)4-12-26(29)30)31-14-13-18(2)32-24-11-5-20(27)16-25(24)33-22-9-6-21(28)7-10-22/h3,5-11,15-16,18H,4,12-14H2,1-2H3,(H,29,30). The van der Waals surface area contributed by atoms with Crippen molar-refractivity contribution in [1.29, 1.82) is 0 Å². The Bertz CT molecular complexity index is 1080. The highest BCUT2D eigenvalue weighted by atomic mass is 35.5. The predicted octanol–water partition coefficient (Wildman–Crippen LogP) is 6.83. The fourth-order valence-electron chi connectivity index (χ4n) is 3.19. The maximum atomic E-state index is 13.2. The van der Waals surface area contributed by atoms with E-state index < -0.39 is 5.97 Å². The molecule has 174 valence electrons. The molecule has 3 aromatic rings. The second-order valence-electron chi connectivity index (χ2n) is 7.69. The van der Waals surface area contributed by atoms with Crippen molar-refractivity contribution in [3.05, 3.63) is 82.6 Å². The van der Waals surface area contributed by atoms with E-state index >= 15 is 0 Å². The van der Waals surface area contributed by atoms with Crippen molar-refractivity contribution in [3.8, 4) is 23.0 Å². The van der Waals surface area contributed by atoms with Crippen LogP contribution in [0.15, 0.2) is 60.7 Å². The van der Waals surface area contributed by atoms with Gasteiger partial charge in [-0.1, -0.05) is 17.7 Å². The number of aliphatic carboxylic acids is 1. The summed E-state index contributed by atoms with van der Waals surface area (Å²) in [5, 5.41) is 9.34. The Hall–Kier alpha value is -3.25. The molecule has 33 heavy (non-hydrogen) atoms. The molecule has 1 unspecified atom stereocenters. The number of benzene rings is 3. The van der Waals surface area contributed by atoms with Crippen LogP contribution in [0, 0.1) is 12.7 Å². The average molecular weight is 473 g/mol. The quantitative estimate of drug-likeness (QED) is 0.331. The normalized spacial score (nSPS) is 11.6. The third-order valence-corrected chi connectivity index (χ3v) is 5.23. The summed E-state index contributed by atoms with van der Waals surface area (Å²) in [6.07, 6.45) is 1.06. The lowest BCUT2D eigenvalue weighted by Gasteiger charge is -2.18. The summed E-state index contributed by atoms with van der Waals surface area (Å²) in [7, 11) is 0. The van der Waals surface area contributed by atoms with Gasteiger partial charge in [-0.05, 0) is 79.9 Å². The number of ether oxygens (including phenoxy) is 3. The number of aryl methyl sites for hydroxylation is 2. The van der Waals surface area contributed by atoms with Gasteiger partial charge >= 0.3 is 5.97 Å². The first-order valence-electron chi connectivity index (χ1n) is 10.6. The van der Waals surface area contributed by atoms with Crippen LogP contribution in [0.1, 0.15) is 30.9 Å². The van der Waals surface area contributed by atoms with Crippen molar-refractivity contribution in [3.63, 3.8) is 0 Å². The highest BCUT2D eigenvalue weighted by Gasteiger charge is 2.12. The van der Waals surface area contributed by atoms with Crippen LogP contribution in [-0.4, -0.2) is 23.8 Å². The molecular weight excluding hydrogens is 447 g/mol. The summed E-state index contributed by atoms with van der Waals surface area (Å²) < 4.78 is 30.9. The van der Waals surface area contributed by atoms with Crippen LogP contribution in [0.4, 0.5) is 4.39 Å². The van der Waals surface area contributed by atoms with Gasteiger partial charge in [0.25, 0.3) is 0 Å². The number of carboxylic acid groups (broad SMARTS) is 1. The van der Waals surface area contributed by atoms with Crippen LogP contribution in [0.3, 0.4) is 0 Å². The third kappa shape index (κ3) is 7.68. The second kappa shape index (κ2) is 11.6. The van der Waals surface area contributed by atoms with Gasteiger partial charge in [-0.15, -0.1) is 0 Å². The smallest absolute Gasteiger partial charge is 0.303 e. The molecule has 0 aromatic heterocycles. The van der Waals surface area contributed by atoms with E-state index in [9.17, 15) is 9.18 Å². The molecule has 0 aliphatic carbocycles. The Kier molecular flexibility index (Phi) is 8.55. The lowest BCUT2D eigenvalue weighted by Crippen LogP contribution is -2.16. The Labute approximate surface area is 197 Å². The first kappa shape index (κ1) is 24.4. The van der Waals surface area contributed by atoms with Gasteiger partial charge in [-0.25, -0.2) is 4.39 Å². The summed E-state index contributed by atoms with van der Waals surface area (Å²) in [6.45, 7) is 4.32. The molecule has 0 aliphatic heterocycles. The highest BCUT2D eigenvalue weighted by Crippen LogP contribution is 2.35. The van der Waals surface area contributed by atoms with E-state index in [1.165, 1.54) is 24.3 Å². The van der Waals surface area contributed by atoms with Gasteiger partial charge in [-0.2, -0.15) is 0 Å². The largest absolute Gasteiger partial charge is 0.493 e. The van der Waals surface area contributed by atoms with Crippen LogP contribution in [0.25, 0.3) is 0 Å². The zero-order valence-electron chi connectivity index (χ0n) is 18.5. The van der Waals surface area contributed by atoms with Crippen LogP contribution >= 0.6 is 11.6 Å². The van der Waals surface area contributed by atoms with E-state index in [2.05, 4.69) is 0 Å². The van der Waals surface area contributed by atoms with Gasteiger partial charge in [0, 0.05) is 23.9 Å². The first-order valence-corrected chi connectivity index (χ1v) is 11.0. The molecule has 0 fully saturated rings. The molecule has 0 saturated carbocycles. The fourth-order valence-corrected chi connectivity index (χ4v) is 3.35. The molecule has 3 aromatic carbocycles. The third-order valence-electron chi connectivity index (χ3n) is 4.99. The molecule has 1 atom stereocenters. The molecule has 0 saturated heterocycles. The van der Waals surface area contributed by atoms with E-state index in [4.69, 9.17) is 30.9 Å². The summed E-state index contributed by atoms with van der Waals surface area (Å²) in [6, 6.07) is 16.5. The molecule has 0 bridgehead atoms. The number of hydrogen-bond donors (Lipinski definition) is 1. The lowest BCUT2D eigenvalue weighted by molar-refractivity contribution is -0.136. The van der Waals surface area contributed by atoms with E-state index in [1.807, 2.05) is 32.0 Å². The summed E-state index contributed by atoms with van der Waals surface area (Å²) in [4.78, 5) is 10.8. The zero-order valence-corrected chi connectivity index (χ0v) is 19.3. The van der Waals surface area contributed by atoms with Gasteiger partial charge in [0.2, 0.25) is 0 Å². The molecule has 0 spiro atoms. The van der Waals surface area contributed by atoms with Crippen molar-refractivity contribution >= 4 is 17.6 Å². The predicted molar refractivity (Wildman–Crippen MR) is 125 cm³/mol. The lowest BCUT2D eigenvalue weighted by atomic mass is 10.0. The summed E-state index contributed by atoms with van der Waals surface area (Å²) >= 11 is 6.11. The van der Waals surface area contributed by atoms with Crippen molar-refractivity contribution in [2.24, 2.45) is 0 Å². The highest BCUT2D eigenvalue weighted by molar-refractivity contribution is 6.30. The van der Waals surface area contributed by atoms with E-state index in [1.54, 1.807) is 18.2 Å². The van der Waals surface area contributed by atoms with E-state index in [0.717, 1.165) is 16.9 Å². The average Bonchev–Trinajstić information content (AvgIpc) is 2.76. The summed E-state index contributed by atoms with van der Waals surface area (Å²) in [5.41, 5.74) is 2.00. The monoisotopic (exact) mass is 472 g/mol. The number of halogens is 2. The van der Waals surface area contributed by atoms with Gasteiger partial charge in [-0.3, -0.25) is 4.79 Å². The van der Waals surface area contributed by atoms with Gasteiger partial charge in [0.05, 0.1) is 12.7 Å². The molecule has 5 nitrogen and oxygen atoms in total. The van der Waals surface area contributed by atoms with Crippen LogP contribution in [0.5, 0.6) is 23.0 Å². The molecule has 0 aliphatic rings. The van der Waals surface area contributed by atoms with E-state index in [0.29, 0.717) is 41.7 Å². The van der Waals surface area contributed by atoms with Gasteiger partial charge in [0.1, 0.15) is 17.3 Å². The topological polar surface area (TPSA) is 65.0 Å². The minimum Gasteiger partial charge on any atom is -0.493 e. The number of rotatable bonds is 11. The molecule has 3 rings (SSSR count). The number of hydrogen-bond acceptors (Lipinski definition) is 4. The maximum Gasteiger partial charge on any atom is 0.303 e. The van der Waals surface area contributed by atoms with E-state index in [-0.39, 0.29) is 18.3 Å². The van der Waals surface area contributed by atoms with Crippen molar-refractivity contribution in [2.45, 2.75) is 39.2 Å². The first-order chi connectivity index (χ1) is 15.8. The Morgan fingerprint density at radius 2 is 1.76 bits per heavy atom. The number of carboxylic acids is 1. The van der Waals surface area contributed by atoms with Crippen LogP contribution in [-0.2, 0) is 11.2 Å². The minimum absolute atomic E-state index is 0.105. The molecule has 7 heteroatoms. The van der Waals surface area contributed by atoms with Crippen molar-refractivity contribution in [2.75, 3.05) is 6.61 Å². The maximum absolute atomic E-state index is 13.2. The zero-order chi connectivity index (χ0) is 23.8. The minimum atomic E-state index is -0.810. The van der Waals surface area contributed by atoms with Crippen LogP contribution in [0.2, 0.25) is 5.02 Å². The van der Waals surface area contributed by atoms with Gasteiger partial charge in [0.15, 0.2) is 11.5 Å². The van der Waals surface area contributed by atoms with Crippen LogP contribution < -0.4 is 14.2 Å². The Balaban J connectivity index is 1.54. The Morgan fingerprint density at radius 1 is 1.03 bits per heavy atom. The molecule has 0 amide bonds. The van der Waals surface area contributed by atoms with Crippen molar-refractivity contribution < 1.29 is 28.5 Å². The molecule has 0 heterocycles. The second-order valence-corrected chi connectivity index (χ2v) is 8.13.